The smallest absolute Gasteiger partial charge is 0.168 e. The number of rotatable bonds is 1. The summed E-state index contributed by atoms with van der Waals surface area (Å²) in [4.78, 5) is 0. The zero-order valence-electron chi connectivity index (χ0n) is 17.9. The van der Waals surface area contributed by atoms with Gasteiger partial charge in [-0.05, 0) is 70.2 Å². The van der Waals surface area contributed by atoms with Crippen molar-refractivity contribution in [2.45, 2.75) is 58.6 Å². The van der Waals surface area contributed by atoms with Crippen LogP contribution in [0.5, 0.6) is 5.75 Å². The fourth-order valence-electron chi connectivity index (χ4n) is 5.47. The van der Waals surface area contributed by atoms with Crippen molar-refractivity contribution in [1.82, 2.24) is 0 Å². The number of allylic oxidation sites excluding steroid dienone is 3. The maximum absolute atomic E-state index is 14.8. The molecule has 1 N–H and O–H groups in total. The minimum Gasteiger partial charge on any atom is -0.482 e. The summed E-state index contributed by atoms with van der Waals surface area (Å²) in [5, 5.41) is 3.60. The molecule has 2 heterocycles. The predicted octanol–water partition coefficient (Wildman–Crippen LogP) is 7.42. The molecule has 156 valence electrons. The summed E-state index contributed by atoms with van der Waals surface area (Å²) in [7, 11) is 0. The van der Waals surface area contributed by atoms with Crippen LogP contribution in [-0.2, 0) is 0 Å². The summed E-state index contributed by atoms with van der Waals surface area (Å²) in [6.07, 6.45) is 7.15. The molecule has 0 aromatic heterocycles. The van der Waals surface area contributed by atoms with Crippen molar-refractivity contribution in [3.8, 4) is 16.9 Å². The maximum atomic E-state index is 14.8. The Balaban J connectivity index is 1.77. The Morgan fingerprint density at radius 2 is 1.90 bits per heavy atom. The zero-order chi connectivity index (χ0) is 21.2. The van der Waals surface area contributed by atoms with E-state index in [1.165, 1.54) is 17.2 Å². The second kappa shape index (κ2) is 6.69. The first-order chi connectivity index (χ1) is 14.2. The van der Waals surface area contributed by atoms with Gasteiger partial charge in [-0.2, -0.15) is 0 Å². The van der Waals surface area contributed by atoms with Crippen LogP contribution in [0.1, 0.15) is 64.2 Å². The molecule has 0 saturated heterocycles. The quantitative estimate of drug-likeness (QED) is 0.497. The molecule has 2 nitrogen and oxygen atoms in total. The van der Waals surface area contributed by atoms with Crippen LogP contribution in [-0.4, -0.2) is 5.54 Å². The normalized spacial score (nSPS) is 23.8. The van der Waals surface area contributed by atoms with Gasteiger partial charge in [0.25, 0.3) is 0 Å². The van der Waals surface area contributed by atoms with E-state index in [1.54, 1.807) is 0 Å². The third-order valence-electron chi connectivity index (χ3n) is 6.54. The molecule has 2 aromatic carbocycles. The molecular weight excluding hydrogens is 380 g/mol. The van der Waals surface area contributed by atoms with E-state index >= 15 is 0 Å². The number of benzene rings is 2. The molecule has 0 saturated carbocycles. The van der Waals surface area contributed by atoms with Crippen molar-refractivity contribution < 1.29 is 13.5 Å². The third kappa shape index (κ3) is 3.05. The molecule has 0 bridgehead atoms. The number of halogens is 2. The Morgan fingerprint density at radius 1 is 1.10 bits per heavy atom. The number of nitrogens with one attached hydrogen (secondary N) is 1. The SMILES string of the molecule is CC1=CCCC(C2Oc3c(F)cc(F)cc3-c3ccc4c(c32)C(C)=CC(C)(C)N4)C1. The van der Waals surface area contributed by atoms with Gasteiger partial charge >= 0.3 is 0 Å². The van der Waals surface area contributed by atoms with Crippen LogP contribution in [0, 0.1) is 17.6 Å². The van der Waals surface area contributed by atoms with E-state index in [2.05, 4.69) is 45.2 Å². The highest BCUT2D eigenvalue weighted by atomic mass is 19.1. The van der Waals surface area contributed by atoms with E-state index < -0.39 is 11.6 Å². The highest BCUT2D eigenvalue weighted by molar-refractivity contribution is 5.89. The van der Waals surface area contributed by atoms with Crippen LogP contribution < -0.4 is 10.1 Å². The van der Waals surface area contributed by atoms with E-state index in [9.17, 15) is 8.78 Å². The van der Waals surface area contributed by atoms with Gasteiger partial charge in [0.2, 0.25) is 0 Å². The number of hydrogen-bond acceptors (Lipinski definition) is 2. The molecule has 2 unspecified atom stereocenters. The molecule has 30 heavy (non-hydrogen) atoms. The molecule has 2 aromatic rings. The van der Waals surface area contributed by atoms with Crippen LogP contribution in [0.15, 0.2) is 42.0 Å². The summed E-state index contributed by atoms with van der Waals surface area (Å²) in [6.45, 7) is 8.55. The average molecular weight is 408 g/mol. The molecule has 2 atom stereocenters. The topological polar surface area (TPSA) is 21.3 Å². The monoisotopic (exact) mass is 407 g/mol. The molecule has 2 aliphatic heterocycles. The lowest BCUT2D eigenvalue weighted by Crippen LogP contribution is -2.33. The first-order valence-corrected chi connectivity index (χ1v) is 10.7. The molecule has 1 aliphatic carbocycles. The Bertz CT molecular complexity index is 1110. The number of ether oxygens (including phenoxy) is 1. The first-order valence-electron chi connectivity index (χ1n) is 10.7. The van der Waals surface area contributed by atoms with Crippen molar-refractivity contribution in [2.24, 2.45) is 5.92 Å². The van der Waals surface area contributed by atoms with Gasteiger partial charge in [-0.1, -0.05) is 23.8 Å². The molecule has 0 amide bonds. The standard InChI is InChI=1S/C26H27F2NO/c1-14-6-5-7-16(10-14)24-23-18(19-11-17(27)12-20(28)25(19)30-24)8-9-21-22(23)15(2)13-26(3,4)29-21/h6,8-9,11-13,16,24,29H,5,7,10H2,1-4H3. The van der Waals surface area contributed by atoms with Crippen LogP contribution in [0.2, 0.25) is 0 Å². The number of anilines is 1. The van der Waals surface area contributed by atoms with Crippen molar-refractivity contribution in [2.75, 3.05) is 5.32 Å². The minimum absolute atomic E-state index is 0.156. The van der Waals surface area contributed by atoms with Gasteiger partial charge in [0, 0.05) is 34.4 Å². The fraction of sp³-hybridized carbons (Fsp3) is 0.385. The highest BCUT2D eigenvalue weighted by Crippen LogP contribution is 2.53. The lowest BCUT2D eigenvalue weighted by atomic mass is 9.75. The van der Waals surface area contributed by atoms with Crippen molar-refractivity contribution in [1.29, 1.82) is 0 Å². The molecule has 0 radical (unpaired) electrons. The summed E-state index contributed by atoms with van der Waals surface area (Å²) >= 11 is 0. The Hall–Kier alpha value is -2.62. The van der Waals surface area contributed by atoms with Crippen molar-refractivity contribution in [3.63, 3.8) is 0 Å². The van der Waals surface area contributed by atoms with E-state index in [-0.39, 0.29) is 23.3 Å². The van der Waals surface area contributed by atoms with E-state index in [0.717, 1.165) is 47.7 Å². The minimum atomic E-state index is -0.632. The Kier molecular flexibility index (Phi) is 4.32. The van der Waals surface area contributed by atoms with Crippen LogP contribution in [0.4, 0.5) is 14.5 Å². The van der Waals surface area contributed by atoms with Crippen molar-refractivity contribution >= 4 is 11.3 Å². The molecule has 0 fully saturated rings. The van der Waals surface area contributed by atoms with Gasteiger partial charge < -0.3 is 10.1 Å². The maximum Gasteiger partial charge on any atom is 0.168 e. The Labute approximate surface area is 176 Å². The van der Waals surface area contributed by atoms with E-state index in [1.807, 2.05) is 12.1 Å². The van der Waals surface area contributed by atoms with Gasteiger partial charge in [0.15, 0.2) is 11.6 Å². The summed E-state index contributed by atoms with van der Waals surface area (Å²) < 4.78 is 35.3. The van der Waals surface area contributed by atoms with E-state index in [4.69, 9.17) is 4.74 Å². The van der Waals surface area contributed by atoms with Crippen LogP contribution >= 0.6 is 0 Å². The second-order valence-corrected chi connectivity index (χ2v) is 9.52. The third-order valence-corrected chi connectivity index (χ3v) is 6.54. The van der Waals surface area contributed by atoms with Crippen LogP contribution in [0.25, 0.3) is 16.7 Å². The largest absolute Gasteiger partial charge is 0.482 e. The molecule has 3 aliphatic rings. The number of hydrogen-bond donors (Lipinski definition) is 1. The van der Waals surface area contributed by atoms with Crippen molar-refractivity contribution in [3.05, 3.63) is 64.8 Å². The average Bonchev–Trinajstić information content (AvgIpc) is 2.65. The predicted molar refractivity (Wildman–Crippen MR) is 118 cm³/mol. The van der Waals surface area contributed by atoms with Crippen LogP contribution in [0.3, 0.4) is 0 Å². The van der Waals surface area contributed by atoms with Gasteiger partial charge in [-0.3, -0.25) is 0 Å². The molecule has 5 rings (SSSR count). The second-order valence-electron chi connectivity index (χ2n) is 9.52. The summed E-state index contributed by atoms with van der Waals surface area (Å²) in [6, 6.07) is 6.34. The first kappa shape index (κ1) is 19.3. The zero-order valence-corrected chi connectivity index (χ0v) is 17.9. The summed E-state index contributed by atoms with van der Waals surface area (Å²) in [5.41, 5.74) is 6.95. The lowest BCUT2D eigenvalue weighted by Gasteiger charge is -2.40. The number of fused-ring (bicyclic) bond motifs is 5. The fourth-order valence-corrected chi connectivity index (χ4v) is 5.47. The van der Waals surface area contributed by atoms with Gasteiger partial charge in [0.1, 0.15) is 11.9 Å². The lowest BCUT2D eigenvalue weighted by molar-refractivity contribution is 0.117. The summed E-state index contributed by atoms with van der Waals surface area (Å²) in [5.74, 6) is -0.791. The van der Waals surface area contributed by atoms with Gasteiger partial charge in [0.05, 0.1) is 5.54 Å². The van der Waals surface area contributed by atoms with Gasteiger partial charge in [-0.15, -0.1) is 0 Å². The molecule has 4 heteroatoms. The highest BCUT2D eigenvalue weighted by Gasteiger charge is 2.39. The van der Waals surface area contributed by atoms with E-state index in [0.29, 0.717) is 5.56 Å². The molecular formula is C26H27F2NO. The molecule has 0 spiro atoms. The Morgan fingerprint density at radius 3 is 2.67 bits per heavy atom. The van der Waals surface area contributed by atoms with Gasteiger partial charge in [-0.25, -0.2) is 8.78 Å².